The number of nitrogens with zero attached hydrogens (tertiary/aromatic N) is 2. The van der Waals surface area contributed by atoms with Crippen molar-refractivity contribution in [3.63, 3.8) is 0 Å². The van der Waals surface area contributed by atoms with Gasteiger partial charge < -0.3 is 34.2 Å². The molecule has 3 rings (SSSR count). The van der Waals surface area contributed by atoms with Gasteiger partial charge in [0.25, 0.3) is 11.7 Å². The highest BCUT2D eigenvalue weighted by atomic mass is 16.5. The average Bonchev–Trinajstić information content (AvgIpc) is 3.07. The zero-order valence-electron chi connectivity index (χ0n) is 20.0. The molecule has 0 aliphatic carbocycles. The van der Waals surface area contributed by atoms with Crippen molar-refractivity contribution in [3.8, 4) is 23.0 Å². The number of likely N-dealkylation sites (tertiary alicyclic amines) is 1. The highest BCUT2D eigenvalue weighted by Crippen LogP contribution is 2.43. The lowest BCUT2D eigenvalue weighted by molar-refractivity contribution is -0.139. The summed E-state index contributed by atoms with van der Waals surface area (Å²) in [5.41, 5.74) is 0.483. The van der Waals surface area contributed by atoms with Crippen LogP contribution in [0.4, 0.5) is 0 Å². The van der Waals surface area contributed by atoms with E-state index < -0.39 is 23.5 Å². The van der Waals surface area contributed by atoms with E-state index in [0.717, 1.165) is 0 Å². The molecule has 1 atom stereocenters. The third-order valence-electron chi connectivity index (χ3n) is 5.73. The first-order valence-electron chi connectivity index (χ1n) is 10.8. The number of benzene rings is 2. The SMILES string of the molecule is COc1ccc(/C(O)=C2\C(=O)C(=O)N(CCCN(C)C)C2c2ccc(OC)c(OC)c2)c(O)c1. The van der Waals surface area contributed by atoms with Crippen molar-refractivity contribution in [3.05, 3.63) is 53.1 Å². The Bertz CT molecular complexity index is 1110. The van der Waals surface area contributed by atoms with Crippen molar-refractivity contribution in [1.29, 1.82) is 0 Å². The predicted molar refractivity (Wildman–Crippen MR) is 126 cm³/mol. The smallest absolute Gasteiger partial charge is 0.295 e. The zero-order valence-corrected chi connectivity index (χ0v) is 20.0. The predicted octanol–water partition coefficient (Wildman–Crippen LogP) is 2.79. The minimum absolute atomic E-state index is 0.0255. The molecule has 0 radical (unpaired) electrons. The van der Waals surface area contributed by atoms with Crippen molar-refractivity contribution >= 4 is 17.4 Å². The summed E-state index contributed by atoms with van der Waals surface area (Å²) < 4.78 is 15.8. The Hall–Kier alpha value is -3.72. The topological polar surface area (TPSA) is 109 Å². The van der Waals surface area contributed by atoms with Crippen LogP contribution in [0.3, 0.4) is 0 Å². The average molecular weight is 471 g/mol. The number of phenols is 1. The van der Waals surface area contributed by atoms with E-state index in [4.69, 9.17) is 14.2 Å². The van der Waals surface area contributed by atoms with Crippen LogP contribution in [0.5, 0.6) is 23.0 Å². The number of rotatable bonds is 9. The summed E-state index contributed by atoms with van der Waals surface area (Å²) in [5, 5.41) is 21.6. The molecule has 1 amide bonds. The first-order valence-corrected chi connectivity index (χ1v) is 10.8. The Balaban J connectivity index is 2.17. The molecule has 1 aliphatic rings. The highest BCUT2D eigenvalue weighted by molar-refractivity contribution is 6.46. The fraction of sp³-hybridized carbons (Fsp3) is 0.360. The first kappa shape index (κ1) is 24.9. The number of aliphatic hydroxyl groups is 1. The van der Waals surface area contributed by atoms with Gasteiger partial charge in [0, 0.05) is 12.6 Å². The number of amides is 1. The molecule has 1 heterocycles. The highest BCUT2D eigenvalue weighted by Gasteiger charge is 2.46. The Morgan fingerprint density at radius 3 is 2.29 bits per heavy atom. The van der Waals surface area contributed by atoms with Gasteiger partial charge in [0.15, 0.2) is 11.5 Å². The van der Waals surface area contributed by atoms with Gasteiger partial charge >= 0.3 is 0 Å². The molecular formula is C25H30N2O7. The third kappa shape index (κ3) is 4.79. The molecule has 0 aromatic heterocycles. The molecular weight excluding hydrogens is 440 g/mol. The van der Waals surface area contributed by atoms with E-state index in [1.54, 1.807) is 24.3 Å². The molecule has 0 spiro atoms. The van der Waals surface area contributed by atoms with Crippen molar-refractivity contribution in [2.24, 2.45) is 0 Å². The van der Waals surface area contributed by atoms with Gasteiger partial charge in [-0.25, -0.2) is 0 Å². The number of aromatic hydroxyl groups is 1. The number of Topliss-reactive ketones (excluding diaryl/α,β-unsaturated/α-hetero) is 1. The maximum Gasteiger partial charge on any atom is 0.295 e. The summed E-state index contributed by atoms with van der Waals surface area (Å²) in [6.07, 6.45) is 0.623. The fourth-order valence-electron chi connectivity index (χ4n) is 4.02. The van der Waals surface area contributed by atoms with Gasteiger partial charge in [-0.1, -0.05) is 6.07 Å². The minimum Gasteiger partial charge on any atom is -0.507 e. The van der Waals surface area contributed by atoms with E-state index in [0.29, 0.717) is 42.3 Å². The lowest BCUT2D eigenvalue weighted by Gasteiger charge is -2.26. The Labute approximate surface area is 198 Å². The number of hydrogen-bond acceptors (Lipinski definition) is 8. The van der Waals surface area contributed by atoms with E-state index in [1.807, 2.05) is 19.0 Å². The molecule has 1 fully saturated rings. The van der Waals surface area contributed by atoms with Crippen molar-refractivity contribution in [1.82, 2.24) is 9.80 Å². The number of ether oxygens (including phenoxy) is 3. The van der Waals surface area contributed by atoms with Crippen LogP contribution in [0.2, 0.25) is 0 Å². The van der Waals surface area contributed by atoms with Crippen LogP contribution >= 0.6 is 0 Å². The standard InChI is InChI=1S/C25H30N2O7/c1-26(2)11-6-12-27-22(15-7-10-19(33-4)20(13-15)34-5)21(24(30)25(27)31)23(29)17-9-8-16(32-3)14-18(17)28/h7-10,13-14,22,28-29H,6,11-12H2,1-5H3/b23-21+. The van der Waals surface area contributed by atoms with E-state index in [1.165, 1.54) is 38.4 Å². The summed E-state index contributed by atoms with van der Waals surface area (Å²) in [6, 6.07) is 8.52. The Morgan fingerprint density at radius 2 is 1.71 bits per heavy atom. The van der Waals surface area contributed by atoms with Crippen LogP contribution in [0.1, 0.15) is 23.6 Å². The number of aliphatic hydroxyl groups excluding tert-OH is 1. The zero-order chi connectivity index (χ0) is 25.0. The second-order valence-electron chi connectivity index (χ2n) is 8.15. The monoisotopic (exact) mass is 470 g/mol. The van der Waals surface area contributed by atoms with Crippen molar-refractivity contribution in [2.75, 3.05) is 48.5 Å². The number of carbonyl (C=O) groups is 2. The third-order valence-corrected chi connectivity index (χ3v) is 5.73. The molecule has 9 nitrogen and oxygen atoms in total. The fourth-order valence-corrected chi connectivity index (χ4v) is 4.02. The number of ketones is 1. The van der Waals surface area contributed by atoms with Crippen LogP contribution in [-0.2, 0) is 9.59 Å². The summed E-state index contributed by atoms with van der Waals surface area (Å²) in [7, 11) is 8.30. The van der Waals surface area contributed by atoms with Crippen LogP contribution in [0, 0.1) is 0 Å². The lowest BCUT2D eigenvalue weighted by atomic mass is 9.94. The van der Waals surface area contributed by atoms with Crippen LogP contribution in [0.25, 0.3) is 5.76 Å². The summed E-state index contributed by atoms with van der Waals surface area (Å²) in [6.45, 7) is 1.01. The van der Waals surface area contributed by atoms with Gasteiger partial charge in [-0.15, -0.1) is 0 Å². The van der Waals surface area contributed by atoms with Crippen LogP contribution in [0.15, 0.2) is 42.0 Å². The molecule has 34 heavy (non-hydrogen) atoms. The van der Waals surface area contributed by atoms with Crippen LogP contribution in [-0.4, -0.2) is 80.2 Å². The Kier molecular flexibility index (Phi) is 7.68. The van der Waals surface area contributed by atoms with Crippen molar-refractivity contribution in [2.45, 2.75) is 12.5 Å². The molecule has 2 aromatic carbocycles. The molecule has 0 bridgehead atoms. The van der Waals surface area contributed by atoms with E-state index in [-0.39, 0.29) is 16.9 Å². The van der Waals surface area contributed by atoms with Gasteiger partial charge in [0.2, 0.25) is 0 Å². The molecule has 2 N–H and O–H groups in total. The second kappa shape index (κ2) is 10.5. The van der Waals surface area contributed by atoms with Gasteiger partial charge in [-0.3, -0.25) is 9.59 Å². The van der Waals surface area contributed by atoms with Crippen LogP contribution < -0.4 is 14.2 Å². The molecule has 2 aromatic rings. The minimum atomic E-state index is -0.872. The summed E-state index contributed by atoms with van der Waals surface area (Å²) in [5.74, 6) is -0.982. The molecule has 0 saturated carbocycles. The molecule has 1 unspecified atom stereocenters. The number of hydrogen-bond donors (Lipinski definition) is 2. The van der Waals surface area contributed by atoms with Gasteiger partial charge in [0.1, 0.15) is 17.3 Å². The normalized spacial score (nSPS) is 17.4. The number of carbonyl (C=O) groups excluding carboxylic acids is 2. The van der Waals surface area contributed by atoms with E-state index in [9.17, 15) is 19.8 Å². The lowest BCUT2D eigenvalue weighted by Crippen LogP contribution is -2.32. The summed E-state index contributed by atoms with van der Waals surface area (Å²) in [4.78, 5) is 29.6. The van der Waals surface area contributed by atoms with Gasteiger partial charge in [0.05, 0.1) is 38.5 Å². The van der Waals surface area contributed by atoms with Crippen molar-refractivity contribution < 1.29 is 34.0 Å². The summed E-state index contributed by atoms with van der Waals surface area (Å²) >= 11 is 0. The van der Waals surface area contributed by atoms with Gasteiger partial charge in [-0.2, -0.15) is 0 Å². The Morgan fingerprint density at radius 1 is 1.00 bits per heavy atom. The molecule has 1 saturated heterocycles. The molecule has 182 valence electrons. The quantitative estimate of drug-likeness (QED) is 0.327. The maximum atomic E-state index is 13.1. The van der Waals surface area contributed by atoms with E-state index in [2.05, 4.69) is 0 Å². The molecule has 1 aliphatic heterocycles. The number of phenolic OH excluding ortho intramolecular Hbond substituents is 1. The molecule has 9 heteroatoms. The largest absolute Gasteiger partial charge is 0.507 e. The first-order chi connectivity index (χ1) is 16.2. The van der Waals surface area contributed by atoms with E-state index >= 15 is 0 Å². The second-order valence-corrected chi connectivity index (χ2v) is 8.15. The number of methoxy groups -OCH3 is 3. The van der Waals surface area contributed by atoms with Gasteiger partial charge in [-0.05, 0) is 56.9 Å². The maximum absolute atomic E-state index is 13.1.